The Kier molecular flexibility index (Phi) is 4.28. The van der Waals surface area contributed by atoms with Crippen molar-refractivity contribution < 1.29 is 4.79 Å². The standard InChI is InChI=1S/C16H14Cl2O/c1-16(11-19,14-4-2-3-5-15(14)18)10-12-6-8-13(17)9-7-12/h2-9,11H,10H2,1H3. The molecule has 0 aliphatic heterocycles. The Morgan fingerprint density at radius 1 is 1.05 bits per heavy atom. The maximum Gasteiger partial charge on any atom is 0.130 e. The second kappa shape index (κ2) is 5.77. The van der Waals surface area contributed by atoms with E-state index in [0.717, 1.165) is 17.4 Å². The summed E-state index contributed by atoms with van der Waals surface area (Å²) in [6.07, 6.45) is 1.56. The SMILES string of the molecule is CC(C=O)(Cc1ccc(Cl)cc1)c1ccccc1Cl. The normalized spacial score (nSPS) is 13.8. The molecule has 1 atom stereocenters. The molecule has 19 heavy (non-hydrogen) atoms. The van der Waals surface area contributed by atoms with Gasteiger partial charge in [-0.05, 0) is 42.7 Å². The first-order chi connectivity index (χ1) is 9.05. The third-order valence-electron chi connectivity index (χ3n) is 3.23. The topological polar surface area (TPSA) is 17.1 Å². The molecule has 0 aromatic heterocycles. The van der Waals surface area contributed by atoms with E-state index >= 15 is 0 Å². The number of hydrogen-bond donors (Lipinski definition) is 0. The van der Waals surface area contributed by atoms with Crippen LogP contribution in [0.5, 0.6) is 0 Å². The second-order valence-corrected chi connectivity index (χ2v) is 5.66. The molecule has 0 fully saturated rings. The van der Waals surface area contributed by atoms with Gasteiger partial charge < -0.3 is 4.79 Å². The van der Waals surface area contributed by atoms with Crippen LogP contribution in [0.2, 0.25) is 10.0 Å². The van der Waals surface area contributed by atoms with Gasteiger partial charge in [0, 0.05) is 10.0 Å². The molecule has 2 aromatic rings. The highest BCUT2D eigenvalue weighted by Crippen LogP contribution is 2.31. The molecule has 0 radical (unpaired) electrons. The van der Waals surface area contributed by atoms with Crippen LogP contribution in [0.15, 0.2) is 48.5 Å². The first-order valence-electron chi connectivity index (χ1n) is 6.01. The van der Waals surface area contributed by atoms with E-state index in [1.165, 1.54) is 0 Å². The summed E-state index contributed by atoms with van der Waals surface area (Å²) in [7, 11) is 0. The van der Waals surface area contributed by atoms with Crippen LogP contribution in [0, 0.1) is 0 Å². The number of carbonyl (C=O) groups is 1. The molecule has 1 nitrogen and oxygen atoms in total. The molecule has 1 unspecified atom stereocenters. The fourth-order valence-electron chi connectivity index (χ4n) is 2.15. The quantitative estimate of drug-likeness (QED) is 0.747. The molecule has 0 N–H and O–H groups in total. The van der Waals surface area contributed by atoms with Gasteiger partial charge in [-0.3, -0.25) is 0 Å². The van der Waals surface area contributed by atoms with Crippen molar-refractivity contribution in [1.82, 2.24) is 0 Å². The molecular formula is C16H14Cl2O. The van der Waals surface area contributed by atoms with Gasteiger partial charge in [0.15, 0.2) is 0 Å². The largest absolute Gasteiger partial charge is 0.302 e. The average molecular weight is 293 g/mol. The highest BCUT2D eigenvalue weighted by molar-refractivity contribution is 6.31. The number of benzene rings is 2. The summed E-state index contributed by atoms with van der Waals surface area (Å²) in [6.45, 7) is 1.90. The van der Waals surface area contributed by atoms with E-state index in [0.29, 0.717) is 16.5 Å². The van der Waals surface area contributed by atoms with Gasteiger partial charge in [0.2, 0.25) is 0 Å². The number of rotatable bonds is 4. The zero-order valence-corrected chi connectivity index (χ0v) is 12.1. The number of aldehydes is 1. The van der Waals surface area contributed by atoms with Gasteiger partial charge >= 0.3 is 0 Å². The Morgan fingerprint density at radius 3 is 2.26 bits per heavy atom. The summed E-state index contributed by atoms with van der Waals surface area (Å²) < 4.78 is 0. The van der Waals surface area contributed by atoms with Crippen molar-refractivity contribution in [3.05, 3.63) is 69.7 Å². The van der Waals surface area contributed by atoms with Gasteiger partial charge in [0.25, 0.3) is 0 Å². The van der Waals surface area contributed by atoms with E-state index < -0.39 is 5.41 Å². The molecule has 2 aromatic carbocycles. The number of hydrogen-bond acceptors (Lipinski definition) is 1. The maximum atomic E-state index is 11.6. The molecule has 0 heterocycles. The lowest BCUT2D eigenvalue weighted by atomic mass is 9.78. The van der Waals surface area contributed by atoms with E-state index in [1.54, 1.807) is 6.07 Å². The van der Waals surface area contributed by atoms with Crippen LogP contribution in [0.3, 0.4) is 0 Å². The molecule has 0 saturated carbocycles. The van der Waals surface area contributed by atoms with Crippen LogP contribution in [-0.4, -0.2) is 6.29 Å². The molecule has 0 aliphatic rings. The highest BCUT2D eigenvalue weighted by Gasteiger charge is 2.28. The summed E-state index contributed by atoms with van der Waals surface area (Å²) in [4.78, 5) is 11.6. The summed E-state index contributed by atoms with van der Waals surface area (Å²) >= 11 is 12.1. The Bertz CT molecular complexity index is 578. The van der Waals surface area contributed by atoms with Crippen molar-refractivity contribution in [3.8, 4) is 0 Å². The predicted octanol–water partition coefficient (Wildman–Crippen LogP) is 4.69. The minimum Gasteiger partial charge on any atom is -0.302 e. The lowest BCUT2D eigenvalue weighted by molar-refractivity contribution is -0.112. The molecule has 0 spiro atoms. The number of carbonyl (C=O) groups excluding carboxylic acids is 1. The lowest BCUT2D eigenvalue weighted by Crippen LogP contribution is -2.27. The van der Waals surface area contributed by atoms with Gasteiger partial charge in [-0.1, -0.05) is 53.5 Å². The minimum absolute atomic E-state index is 0.595. The van der Waals surface area contributed by atoms with Crippen molar-refractivity contribution in [2.75, 3.05) is 0 Å². The second-order valence-electron chi connectivity index (χ2n) is 4.82. The van der Waals surface area contributed by atoms with E-state index in [-0.39, 0.29) is 0 Å². The minimum atomic E-state index is -0.633. The van der Waals surface area contributed by atoms with Crippen molar-refractivity contribution in [2.45, 2.75) is 18.8 Å². The maximum absolute atomic E-state index is 11.6. The average Bonchev–Trinajstić information content (AvgIpc) is 2.42. The Hall–Kier alpha value is -1.31. The third-order valence-corrected chi connectivity index (χ3v) is 3.82. The first kappa shape index (κ1) is 14.1. The van der Waals surface area contributed by atoms with Crippen LogP contribution < -0.4 is 0 Å². The van der Waals surface area contributed by atoms with Crippen LogP contribution >= 0.6 is 23.2 Å². The van der Waals surface area contributed by atoms with E-state index in [9.17, 15) is 4.79 Å². The number of halogens is 2. The molecule has 0 bridgehead atoms. The van der Waals surface area contributed by atoms with Gasteiger partial charge in [0.1, 0.15) is 6.29 Å². The Labute approximate surface area is 123 Å². The van der Waals surface area contributed by atoms with Crippen LogP contribution in [0.4, 0.5) is 0 Å². The molecule has 98 valence electrons. The van der Waals surface area contributed by atoms with Crippen LogP contribution in [0.25, 0.3) is 0 Å². The summed E-state index contributed by atoms with van der Waals surface area (Å²) in [5, 5.41) is 1.31. The fourth-order valence-corrected chi connectivity index (χ4v) is 2.63. The van der Waals surface area contributed by atoms with Gasteiger partial charge in [-0.15, -0.1) is 0 Å². The van der Waals surface area contributed by atoms with E-state index in [1.807, 2.05) is 49.4 Å². The highest BCUT2D eigenvalue weighted by atomic mass is 35.5. The molecule has 0 amide bonds. The van der Waals surface area contributed by atoms with Crippen molar-refractivity contribution in [1.29, 1.82) is 0 Å². The first-order valence-corrected chi connectivity index (χ1v) is 6.76. The summed E-state index contributed by atoms with van der Waals surface area (Å²) in [6, 6.07) is 15.0. The van der Waals surface area contributed by atoms with E-state index in [2.05, 4.69) is 0 Å². The Morgan fingerprint density at radius 2 is 1.68 bits per heavy atom. The van der Waals surface area contributed by atoms with Gasteiger partial charge in [0.05, 0.1) is 5.41 Å². The lowest BCUT2D eigenvalue weighted by Gasteiger charge is -2.25. The van der Waals surface area contributed by atoms with E-state index in [4.69, 9.17) is 23.2 Å². The van der Waals surface area contributed by atoms with Crippen molar-refractivity contribution in [3.63, 3.8) is 0 Å². The van der Waals surface area contributed by atoms with Gasteiger partial charge in [-0.25, -0.2) is 0 Å². The monoisotopic (exact) mass is 292 g/mol. The van der Waals surface area contributed by atoms with Crippen LogP contribution in [0.1, 0.15) is 18.1 Å². The molecule has 2 rings (SSSR count). The molecule has 3 heteroatoms. The molecular weight excluding hydrogens is 279 g/mol. The summed E-state index contributed by atoms with van der Waals surface area (Å²) in [5.74, 6) is 0. The Balaban J connectivity index is 2.35. The zero-order chi connectivity index (χ0) is 13.9. The van der Waals surface area contributed by atoms with Crippen LogP contribution in [-0.2, 0) is 16.6 Å². The smallest absolute Gasteiger partial charge is 0.130 e. The zero-order valence-electron chi connectivity index (χ0n) is 10.6. The molecule has 0 aliphatic carbocycles. The predicted molar refractivity (Wildman–Crippen MR) is 80.0 cm³/mol. The summed E-state index contributed by atoms with van der Waals surface area (Å²) in [5.41, 5.74) is 1.27. The third kappa shape index (κ3) is 3.17. The van der Waals surface area contributed by atoms with Gasteiger partial charge in [-0.2, -0.15) is 0 Å². The van der Waals surface area contributed by atoms with Crippen molar-refractivity contribution in [2.24, 2.45) is 0 Å². The van der Waals surface area contributed by atoms with Crippen molar-refractivity contribution >= 4 is 29.5 Å². The fraction of sp³-hybridized carbons (Fsp3) is 0.188. The molecule has 0 saturated heterocycles.